The van der Waals surface area contributed by atoms with E-state index in [4.69, 9.17) is 4.74 Å². The van der Waals surface area contributed by atoms with Gasteiger partial charge in [-0.15, -0.1) is 11.8 Å². The summed E-state index contributed by atoms with van der Waals surface area (Å²) in [7, 11) is 0. The molecule has 1 aromatic heterocycles. The molecule has 1 atom stereocenters. The predicted molar refractivity (Wildman–Crippen MR) is 98.8 cm³/mol. The number of thioether (sulfide) groups is 1. The van der Waals surface area contributed by atoms with Crippen LogP contribution in [0.5, 0.6) is 5.88 Å². The molecule has 0 unspecified atom stereocenters. The fourth-order valence-corrected chi connectivity index (χ4v) is 3.72. The standard InChI is InChI=1S/C19H22FN3O2S/c1-2-16-18(20)19(22-13-21-16)25-14-8-10-23(12-14)17(24)9-11-26-15-6-4-3-5-7-15/h3-7,13-14H,2,8-12H2,1H3/t14-/m1/s1. The minimum atomic E-state index is -0.501. The molecule has 1 aromatic carbocycles. The van der Waals surface area contributed by atoms with Crippen LogP contribution >= 0.6 is 11.8 Å². The average molecular weight is 375 g/mol. The number of ether oxygens (including phenoxy) is 1. The Balaban J connectivity index is 1.46. The van der Waals surface area contributed by atoms with Gasteiger partial charge < -0.3 is 9.64 Å². The van der Waals surface area contributed by atoms with E-state index in [1.807, 2.05) is 37.3 Å². The van der Waals surface area contributed by atoms with E-state index < -0.39 is 5.82 Å². The van der Waals surface area contributed by atoms with Crippen molar-refractivity contribution in [3.8, 4) is 5.88 Å². The van der Waals surface area contributed by atoms with E-state index in [2.05, 4.69) is 9.97 Å². The molecule has 1 amide bonds. The van der Waals surface area contributed by atoms with Crippen LogP contribution in [0.25, 0.3) is 0 Å². The first-order chi connectivity index (χ1) is 12.7. The third kappa shape index (κ3) is 4.72. The number of hydrogen-bond acceptors (Lipinski definition) is 5. The molecule has 2 heterocycles. The zero-order valence-corrected chi connectivity index (χ0v) is 15.5. The van der Waals surface area contributed by atoms with E-state index in [1.165, 1.54) is 6.33 Å². The fourth-order valence-electron chi connectivity index (χ4n) is 2.86. The molecule has 1 saturated heterocycles. The third-order valence-corrected chi connectivity index (χ3v) is 5.28. The molecule has 0 aliphatic carbocycles. The summed E-state index contributed by atoms with van der Waals surface area (Å²) in [4.78, 5) is 23.1. The minimum Gasteiger partial charge on any atom is -0.470 e. The van der Waals surface area contributed by atoms with Crippen molar-refractivity contribution in [1.82, 2.24) is 14.9 Å². The van der Waals surface area contributed by atoms with Gasteiger partial charge in [0.1, 0.15) is 12.4 Å². The number of amides is 1. The Morgan fingerprint density at radius 1 is 1.35 bits per heavy atom. The van der Waals surface area contributed by atoms with Crippen molar-refractivity contribution >= 4 is 17.7 Å². The average Bonchev–Trinajstić information content (AvgIpc) is 3.13. The lowest BCUT2D eigenvalue weighted by Gasteiger charge is -2.17. The number of aryl methyl sites for hydroxylation is 1. The highest BCUT2D eigenvalue weighted by molar-refractivity contribution is 7.99. The summed E-state index contributed by atoms with van der Waals surface area (Å²) < 4.78 is 19.9. The van der Waals surface area contributed by atoms with Gasteiger partial charge in [0.15, 0.2) is 0 Å². The molecular formula is C19H22FN3O2S. The largest absolute Gasteiger partial charge is 0.470 e. The molecule has 2 aromatic rings. The second-order valence-electron chi connectivity index (χ2n) is 6.07. The number of halogens is 1. The number of hydrogen-bond donors (Lipinski definition) is 0. The first-order valence-corrected chi connectivity index (χ1v) is 9.77. The molecule has 0 saturated carbocycles. The van der Waals surface area contributed by atoms with Crippen molar-refractivity contribution in [1.29, 1.82) is 0 Å². The summed E-state index contributed by atoms with van der Waals surface area (Å²) in [6.07, 6.45) is 2.74. The molecule has 0 bridgehead atoms. The lowest BCUT2D eigenvalue weighted by molar-refractivity contribution is -0.129. The highest BCUT2D eigenvalue weighted by Crippen LogP contribution is 2.22. The van der Waals surface area contributed by atoms with Gasteiger partial charge in [-0.05, 0) is 18.6 Å². The Bertz CT molecular complexity index is 745. The van der Waals surface area contributed by atoms with E-state index in [-0.39, 0.29) is 17.9 Å². The number of aromatic nitrogens is 2. The number of likely N-dealkylation sites (tertiary alicyclic amines) is 1. The van der Waals surface area contributed by atoms with Crippen molar-refractivity contribution in [3.05, 3.63) is 48.2 Å². The van der Waals surface area contributed by atoms with Gasteiger partial charge in [-0.25, -0.2) is 4.98 Å². The van der Waals surface area contributed by atoms with Crippen molar-refractivity contribution in [2.75, 3.05) is 18.8 Å². The Morgan fingerprint density at radius 3 is 2.92 bits per heavy atom. The smallest absolute Gasteiger partial charge is 0.254 e. The second-order valence-corrected chi connectivity index (χ2v) is 7.24. The van der Waals surface area contributed by atoms with Gasteiger partial charge in [-0.3, -0.25) is 4.79 Å². The van der Waals surface area contributed by atoms with E-state index in [0.717, 1.165) is 10.6 Å². The van der Waals surface area contributed by atoms with Crippen LogP contribution in [0.1, 0.15) is 25.5 Å². The summed E-state index contributed by atoms with van der Waals surface area (Å²) in [6.45, 7) is 2.94. The number of carbonyl (C=O) groups is 1. The van der Waals surface area contributed by atoms with Gasteiger partial charge in [0.2, 0.25) is 11.7 Å². The Hall–Kier alpha value is -2.15. The van der Waals surface area contributed by atoms with E-state index >= 15 is 0 Å². The zero-order chi connectivity index (χ0) is 18.4. The molecule has 0 radical (unpaired) electrons. The SMILES string of the molecule is CCc1ncnc(O[C@@H]2CCN(C(=O)CCSc3ccccc3)C2)c1F. The van der Waals surface area contributed by atoms with Crippen LogP contribution in [0.15, 0.2) is 41.6 Å². The van der Waals surface area contributed by atoms with Gasteiger partial charge in [-0.1, -0.05) is 25.1 Å². The number of carbonyl (C=O) groups excluding carboxylic acids is 1. The van der Waals surface area contributed by atoms with E-state index in [9.17, 15) is 9.18 Å². The summed E-state index contributed by atoms with van der Waals surface area (Å²) >= 11 is 1.67. The van der Waals surface area contributed by atoms with Gasteiger partial charge in [-0.2, -0.15) is 9.37 Å². The van der Waals surface area contributed by atoms with Crippen molar-refractivity contribution < 1.29 is 13.9 Å². The fraction of sp³-hybridized carbons (Fsp3) is 0.421. The van der Waals surface area contributed by atoms with Gasteiger partial charge >= 0.3 is 0 Å². The molecule has 0 spiro atoms. The zero-order valence-electron chi connectivity index (χ0n) is 14.7. The summed E-state index contributed by atoms with van der Waals surface area (Å²) in [5.41, 5.74) is 0.346. The normalized spacial score (nSPS) is 16.7. The molecule has 1 aliphatic heterocycles. The third-order valence-electron chi connectivity index (χ3n) is 4.27. The lowest BCUT2D eigenvalue weighted by atomic mass is 10.3. The van der Waals surface area contributed by atoms with Gasteiger partial charge in [0.05, 0.1) is 12.2 Å². The van der Waals surface area contributed by atoms with Crippen LogP contribution in [0.4, 0.5) is 4.39 Å². The van der Waals surface area contributed by atoms with Crippen LogP contribution < -0.4 is 4.74 Å². The van der Waals surface area contributed by atoms with Crippen molar-refractivity contribution in [2.45, 2.75) is 37.2 Å². The van der Waals surface area contributed by atoms with Crippen LogP contribution in [0, 0.1) is 5.82 Å². The maximum absolute atomic E-state index is 14.2. The number of nitrogens with zero attached hydrogens (tertiary/aromatic N) is 3. The van der Waals surface area contributed by atoms with Crippen LogP contribution in [-0.4, -0.2) is 45.7 Å². The maximum Gasteiger partial charge on any atom is 0.254 e. The molecule has 138 valence electrons. The van der Waals surface area contributed by atoms with Crippen LogP contribution in [0.3, 0.4) is 0 Å². The first kappa shape index (κ1) is 18.6. The van der Waals surface area contributed by atoms with Gasteiger partial charge in [0.25, 0.3) is 5.88 Å². The Kier molecular flexibility index (Phi) is 6.44. The Morgan fingerprint density at radius 2 is 2.15 bits per heavy atom. The summed E-state index contributed by atoms with van der Waals surface area (Å²) in [5.74, 6) is 0.331. The van der Waals surface area contributed by atoms with Crippen molar-refractivity contribution in [2.24, 2.45) is 0 Å². The first-order valence-electron chi connectivity index (χ1n) is 8.79. The van der Waals surface area contributed by atoms with E-state index in [1.54, 1.807) is 16.7 Å². The van der Waals surface area contributed by atoms with Crippen LogP contribution in [-0.2, 0) is 11.2 Å². The molecular weight excluding hydrogens is 353 g/mol. The summed E-state index contributed by atoms with van der Waals surface area (Å²) in [5, 5.41) is 0. The van der Waals surface area contributed by atoms with Crippen LogP contribution in [0.2, 0.25) is 0 Å². The topological polar surface area (TPSA) is 55.3 Å². The number of rotatable bonds is 7. The van der Waals surface area contributed by atoms with E-state index in [0.29, 0.717) is 38.0 Å². The molecule has 1 aliphatic rings. The van der Waals surface area contributed by atoms with Gasteiger partial charge in [0, 0.05) is 30.0 Å². The predicted octanol–water partition coefficient (Wildman–Crippen LogP) is 3.34. The number of benzene rings is 1. The minimum absolute atomic E-state index is 0.0178. The quantitative estimate of drug-likeness (QED) is 0.695. The molecule has 3 rings (SSSR count). The molecule has 0 N–H and O–H groups in total. The molecule has 1 fully saturated rings. The van der Waals surface area contributed by atoms with Crippen molar-refractivity contribution in [3.63, 3.8) is 0 Å². The Labute approximate surface area is 157 Å². The lowest BCUT2D eigenvalue weighted by Crippen LogP contribution is -2.31. The molecule has 26 heavy (non-hydrogen) atoms. The molecule has 5 nitrogen and oxygen atoms in total. The second kappa shape index (κ2) is 8.98. The maximum atomic E-state index is 14.2. The molecule has 7 heteroatoms. The monoisotopic (exact) mass is 375 g/mol. The summed E-state index contributed by atoms with van der Waals surface area (Å²) in [6, 6.07) is 10.0. The highest BCUT2D eigenvalue weighted by Gasteiger charge is 2.28. The highest BCUT2D eigenvalue weighted by atomic mass is 32.2.